The van der Waals surface area contributed by atoms with Crippen molar-refractivity contribution in [1.82, 2.24) is 4.90 Å². The molecule has 3 heteroatoms. The fourth-order valence-electron chi connectivity index (χ4n) is 0.567. The van der Waals surface area contributed by atoms with Gasteiger partial charge in [0.15, 0.2) is 0 Å². The molecule has 1 aliphatic rings. The molecule has 0 atom stereocenters. The molecule has 2 nitrogen and oxygen atoms in total. The van der Waals surface area contributed by atoms with Crippen LogP contribution < -0.4 is 0 Å². The van der Waals surface area contributed by atoms with Crippen molar-refractivity contribution in [2.75, 3.05) is 19.0 Å². The molecule has 0 saturated heterocycles. The Balaban J connectivity index is 2.16. The SMILES string of the molecule is [O]CCN1C=CSC1. The maximum absolute atomic E-state index is 10.0. The van der Waals surface area contributed by atoms with Gasteiger partial charge in [-0.1, -0.05) is 0 Å². The number of rotatable bonds is 2. The molecular weight excluding hydrogens is 122 g/mol. The van der Waals surface area contributed by atoms with E-state index in [0.717, 1.165) is 5.88 Å². The van der Waals surface area contributed by atoms with Crippen molar-refractivity contribution in [3.63, 3.8) is 0 Å². The van der Waals surface area contributed by atoms with Gasteiger partial charge in [-0.15, -0.1) is 11.8 Å². The summed E-state index contributed by atoms with van der Waals surface area (Å²) >= 11 is 1.73. The molecule has 1 radical (unpaired) electrons. The van der Waals surface area contributed by atoms with Crippen LogP contribution in [-0.2, 0) is 5.11 Å². The van der Waals surface area contributed by atoms with Gasteiger partial charge in [-0.05, 0) is 5.41 Å². The highest BCUT2D eigenvalue weighted by Crippen LogP contribution is 2.13. The minimum atomic E-state index is 0.00486. The third kappa shape index (κ3) is 1.42. The second-order valence-electron chi connectivity index (χ2n) is 1.60. The highest BCUT2D eigenvalue weighted by Gasteiger charge is 2.01. The smallest absolute Gasteiger partial charge is 0.0997 e. The lowest BCUT2D eigenvalue weighted by molar-refractivity contribution is 0.170. The zero-order chi connectivity index (χ0) is 5.82. The maximum atomic E-state index is 10.0. The van der Waals surface area contributed by atoms with Crippen LogP contribution in [0.1, 0.15) is 0 Å². The monoisotopic (exact) mass is 130 g/mol. The molecule has 0 aromatic heterocycles. The van der Waals surface area contributed by atoms with Gasteiger partial charge < -0.3 is 4.90 Å². The summed E-state index contributed by atoms with van der Waals surface area (Å²) < 4.78 is 0. The lowest BCUT2D eigenvalue weighted by atomic mass is 10.6. The third-order valence-corrected chi connectivity index (χ3v) is 1.78. The molecule has 0 aliphatic carbocycles. The summed E-state index contributed by atoms with van der Waals surface area (Å²) in [5.74, 6) is 0.961. The van der Waals surface area contributed by atoms with Crippen molar-refractivity contribution < 1.29 is 5.11 Å². The number of nitrogens with zero attached hydrogens (tertiary/aromatic N) is 1. The third-order valence-electron chi connectivity index (χ3n) is 0.987. The van der Waals surface area contributed by atoms with E-state index in [1.165, 1.54) is 0 Å². The van der Waals surface area contributed by atoms with Crippen LogP contribution >= 0.6 is 11.8 Å². The summed E-state index contributed by atoms with van der Waals surface area (Å²) in [6, 6.07) is 0. The topological polar surface area (TPSA) is 23.1 Å². The Bertz CT molecular complexity index is 94.4. The van der Waals surface area contributed by atoms with Crippen LogP contribution in [-0.4, -0.2) is 23.9 Å². The molecule has 0 amide bonds. The Morgan fingerprint density at radius 1 is 1.75 bits per heavy atom. The number of hydrogen-bond acceptors (Lipinski definition) is 2. The lowest BCUT2D eigenvalue weighted by Crippen LogP contribution is -2.16. The van der Waals surface area contributed by atoms with Crippen LogP contribution in [0.15, 0.2) is 11.6 Å². The molecule has 1 heterocycles. The Labute approximate surface area is 53.2 Å². The second-order valence-corrected chi connectivity index (χ2v) is 2.46. The quantitative estimate of drug-likeness (QED) is 0.554. The molecule has 8 heavy (non-hydrogen) atoms. The number of thioether (sulfide) groups is 1. The average molecular weight is 130 g/mol. The molecule has 0 unspecified atom stereocenters. The lowest BCUT2D eigenvalue weighted by Gasteiger charge is -2.09. The highest BCUT2D eigenvalue weighted by atomic mass is 32.2. The molecule has 0 fully saturated rings. The average Bonchev–Trinajstić information content (AvgIpc) is 2.19. The Hall–Kier alpha value is -0.150. The molecule has 45 valence electrons. The van der Waals surface area contributed by atoms with E-state index >= 15 is 0 Å². The van der Waals surface area contributed by atoms with E-state index in [1.807, 2.05) is 16.5 Å². The summed E-state index contributed by atoms with van der Waals surface area (Å²) in [5, 5.41) is 12.0. The normalized spacial score (nSPS) is 17.9. The van der Waals surface area contributed by atoms with Crippen LogP contribution in [0.5, 0.6) is 0 Å². The highest BCUT2D eigenvalue weighted by molar-refractivity contribution is 8.02. The molecule has 1 rings (SSSR count). The van der Waals surface area contributed by atoms with E-state index in [1.54, 1.807) is 11.8 Å². The number of hydrogen-bond donors (Lipinski definition) is 0. The van der Waals surface area contributed by atoms with E-state index in [9.17, 15) is 5.11 Å². The fraction of sp³-hybridized carbons (Fsp3) is 0.600. The van der Waals surface area contributed by atoms with Crippen LogP contribution in [0, 0.1) is 0 Å². The predicted molar refractivity (Wildman–Crippen MR) is 33.9 cm³/mol. The molecule has 0 saturated carbocycles. The van der Waals surface area contributed by atoms with Crippen molar-refractivity contribution in [3.8, 4) is 0 Å². The van der Waals surface area contributed by atoms with Crippen molar-refractivity contribution in [1.29, 1.82) is 0 Å². The van der Waals surface area contributed by atoms with Gasteiger partial charge in [0.1, 0.15) is 0 Å². The van der Waals surface area contributed by atoms with Gasteiger partial charge in [-0.25, -0.2) is 5.11 Å². The molecule has 0 aromatic carbocycles. The zero-order valence-corrected chi connectivity index (χ0v) is 5.36. The predicted octanol–water partition coefficient (Wildman–Crippen LogP) is 0.894. The first-order valence-electron chi connectivity index (χ1n) is 2.54. The molecule has 1 aliphatic heterocycles. The van der Waals surface area contributed by atoms with Crippen molar-refractivity contribution >= 4 is 11.8 Å². The summed E-state index contributed by atoms with van der Waals surface area (Å²) in [6.45, 7) is 0.661. The van der Waals surface area contributed by atoms with Crippen LogP contribution in [0.3, 0.4) is 0 Å². The van der Waals surface area contributed by atoms with Gasteiger partial charge in [0.2, 0.25) is 0 Å². The second kappa shape index (κ2) is 2.99. The van der Waals surface area contributed by atoms with Crippen LogP contribution in [0.25, 0.3) is 0 Å². The minimum Gasteiger partial charge on any atom is -0.365 e. The molecule has 0 bridgehead atoms. The van der Waals surface area contributed by atoms with Gasteiger partial charge in [-0.2, -0.15) is 0 Å². The molecule has 0 N–H and O–H groups in total. The van der Waals surface area contributed by atoms with Gasteiger partial charge in [0.05, 0.1) is 12.5 Å². The Morgan fingerprint density at radius 3 is 3.12 bits per heavy atom. The van der Waals surface area contributed by atoms with E-state index in [0.29, 0.717) is 6.54 Å². The summed E-state index contributed by atoms with van der Waals surface area (Å²) in [5.41, 5.74) is 0. The molecule has 0 aromatic rings. The Morgan fingerprint density at radius 2 is 2.62 bits per heavy atom. The van der Waals surface area contributed by atoms with Gasteiger partial charge in [0, 0.05) is 12.7 Å². The van der Waals surface area contributed by atoms with E-state index < -0.39 is 0 Å². The first-order chi connectivity index (χ1) is 3.93. The van der Waals surface area contributed by atoms with E-state index in [2.05, 4.69) is 0 Å². The first-order valence-corrected chi connectivity index (χ1v) is 3.59. The van der Waals surface area contributed by atoms with Crippen LogP contribution in [0.4, 0.5) is 0 Å². The Kier molecular flexibility index (Phi) is 2.24. The van der Waals surface area contributed by atoms with Crippen molar-refractivity contribution in [3.05, 3.63) is 11.6 Å². The van der Waals surface area contributed by atoms with Crippen molar-refractivity contribution in [2.45, 2.75) is 0 Å². The van der Waals surface area contributed by atoms with Crippen molar-refractivity contribution in [2.24, 2.45) is 0 Å². The van der Waals surface area contributed by atoms with Gasteiger partial charge in [0.25, 0.3) is 0 Å². The maximum Gasteiger partial charge on any atom is 0.0997 e. The zero-order valence-electron chi connectivity index (χ0n) is 4.54. The van der Waals surface area contributed by atoms with E-state index in [-0.39, 0.29) is 6.61 Å². The summed E-state index contributed by atoms with van der Waals surface area (Å²) in [4.78, 5) is 2.01. The van der Waals surface area contributed by atoms with Crippen LogP contribution in [0.2, 0.25) is 0 Å². The summed E-state index contributed by atoms with van der Waals surface area (Å²) in [6.07, 6.45) is 1.96. The largest absolute Gasteiger partial charge is 0.365 e. The summed E-state index contributed by atoms with van der Waals surface area (Å²) in [7, 11) is 0. The standard InChI is InChI=1S/C5H8NOS/c7-3-1-6-2-4-8-5-6/h2,4H,1,3,5H2. The first kappa shape index (κ1) is 5.98. The fourth-order valence-corrected chi connectivity index (χ4v) is 1.32. The minimum absolute atomic E-state index is 0.00486. The van der Waals surface area contributed by atoms with Gasteiger partial charge >= 0.3 is 0 Å². The van der Waals surface area contributed by atoms with Gasteiger partial charge in [-0.3, -0.25) is 0 Å². The van der Waals surface area contributed by atoms with E-state index in [4.69, 9.17) is 0 Å². The molecular formula is C5H8NOS. The molecule has 0 spiro atoms.